The minimum Gasteiger partial charge on any atom is -0.313 e. The van der Waals surface area contributed by atoms with Crippen molar-refractivity contribution in [3.8, 4) is 0 Å². The average Bonchev–Trinajstić information content (AvgIpc) is 2.73. The van der Waals surface area contributed by atoms with E-state index in [1.54, 1.807) is 7.05 Å². The van der Waals surface area contributed by atoms with Crippen LogP contribution < -0.4 is 0 Å². The summed E-state index contributed by atoms with van der Waals surface area (Å²) < 4.78 is 14.7. The van der Waals surface area contributed by atoms with E-state index in [2.05, 4.69) is 15.1 Å². The molecule has 0 saturated carbocycles. The van der Waals surface area contributed by atoms with Crippen LogP contribution in [0.1, 0.15) is 15.9 Å². The van der Waals surface area contributed by atoms with Gasteiger partial charge < -0.3 is 4.84 Å². The van der Waals surface area contributed by atoms with Gasteiger partial charge in [-0.25, -0.2) is 9.18 Å². The Balaban J connectivity index is 2.11. The minimum atomic E-state index is -0.799. The van der Waals surface area contributed by atoms with E-state index in [0.717, 1.165) is 6.21 Å². The van der Waals surface area contributed by atoms with Crippen molar-refractivity contribution >= 4 is 35.4 Å². The average molecular weight is 316 g/mol. The second kappa shape index (κ2) is 6.02. The molecule has 0 saturated heterocycles. The zero-order valence-corrected chi connectivity index (χ0v) is 11.7. The molecule has 0 aliphatic rings. The van der Waals surface area contributed by atoms with Gasteiger partial charge in [-0.3, -0.25) is 4.68 Å². The Morgan fingerprint density at radius 2 is 2.25 bits per heavy atom. The monoisotopic (exact) mass is 315 g/mol. The Hall–Kier alpha value is -1.92. The van der Waals surface area contributed by atoms with Crippen molar-refractivity contribution in [1.29, 1.82) is 0 Å². The topological polar surface area (TPSA) is 56.5 Å². The van der Waals surface area contributed by atoms with Crippen molar-refractivity contribution in [1.82, 2.24) is 9.78 Å². The fourth-order valence-electron chi connectivity index (χ4n) is 1.37. The summed E-state index contributed by atoms with van der Waals surface area (Å²) in [5.74, 6) is -1.37. The number of hydrogen-bond donors (Lipinski definition) is 0. The minimum absolute atomic E-state index is 0.0271. The second-order valence-corrected chi connectivity index (χ2v) is 4.49. The molecule has 5 nitrogen and oxygen atoms in total. The van der Waals surface area contributed by atoms with Gasteiger partial charge in [0.15, 0.2) is 0 Å². The van der Waals surface area contributed by atoms with E-state index >= 15 is 0 Å². The summed E-state index contributed by atoms with van der Waals surface area (Å²) in [5.41, 5.74) is 0.0881. The van der Waals surface area contributed by atoms with Gasteiger partial charge in [0, 0.05) is 7.05 Å². The maximum atomic E-state index is 13.4. The summed E-state index contributed by atoms with van der Waals surface area (Å²) in [4.78, 5) is 16.2. The first-order chi connectivity index (χ1) is 9.50. The highest BCUT2D eigenvalue weighted by molar-refractivity contribution is 6.33. The SMILES string of the molecule is Cn1ncc(C(=O)O/N=C\c2c(F)cccc2Cl)c1Cl. The van der Waals surface area contributed by atoms with Crippen LogP contribution in [0.15, 0.2) is 29.6 Å². The predicted molar refractivity (Wildman–Crippen MR) is 72.6 cm³/mol. The van der Waals surface area contributed by atoms with Crippen LogP contribution in [0.25, 0.3) is 0 Å². The van der Waals surface area contributed by atoms with E-state index in [0.29, 0.717) is 0 Å². The number of oxime groups is 1. The lowest BCUT2D eigenvalue weighted by atomic mass is 10.2. The van der Waals surface area contributed by atoms with Gasteiger partial charge in [-0.1, -0.05) is 34.4 Å². The zero-order chi connectivity index (χ0) is 14.7. The van der Waals surface area contributed by atoms with E-state index < -0.39 is 11.8 Å². The summed E-state index contributed by atoms with van der Waals surface area (Å²) in [6.45, 7) is 0. The van der Waals surface area contributed by atoms with Crippen molar-refractivity contribution < 1.29 is 14.0 Å². The molecule has 0 unspecified atom stereocenters. The molecule has 0 fully saturated rings. The molecule has 8 heteroatoms. The third-order valence-electron chi connectivity index (χ3n) is 2.40. The first kappa shape index (κ1) is 14.5. The number of carbonyl (C=O) groups excluding carboxylic acids is 1. The van der Waals surface area contributed by atoms with Gasteiger partial charge in [0.05, 0.1) is 23.0 Å². The van der Waals surface area contributed by atoms with Gasteiger partial charge in [0.25, 0.3) is 0 Å². The van der Waals surface area contributed by atoms with Gasteiger partial charge in [-0.15, -0.1) is 0 Å². The summed E-state index contributed by atoms with van der Waals surface area (Å²) >= 11 is 11.6. The highest BCUT2D eigenvalue weighted by atomic mass is 35.5. The first-order valence-electron chi connectivity index (χ1n) is 5.37. The zero-order valence-electron chi connectivity index (χ0n) is 10.2. The smallest absolute Gasteiger partial charge is 0.313 e. The van der Waals surface area contributed by atoms with E-state index in [4.69, 9.17) is 23.2 Å². The molecule has 0 spiro atoms. The number of nitrogens with zero attached hydrogens (tertiary/aromatic N) is 3. The lowest BCUT2D eigenvalue weighted by Crippen LogP contribution is -2.01. The molecule has 0 aliphatic carbocycles. The number of aryl methyl sites for hydroxylation is 1. The molecule has 0 bridgehead atoms. The Bertz CT molecular complexity index is 665. The number of carbonyl (C=O) groups is 1. The van der Waals surface area contributed by atoms with Crippen LogP contribution in [0.5, 0.6) is 0 Å². The van der Waals surface area contributed by atoms with Crippen molar-refractivity contribution in [3.63, 3.8) is 0 Å². The van der Waals surface area contributed by atoms with Crippen LogP contribution in [0, 0.1) is 5.82 Å². The largest absolute Gasteiger partial charge is 0.370 e. The summed E-state index contributed by atoms with van der Waals surface area (Å²) in [6, 6.07) is 4.16. The number of rotatable bonds is 3. The molecule has 0 amide bonds. The first-order valence-corrected chi connectivity index (χ1v) is 6.12. The quantitative estimate of drug-likeness (QED) is 0.497. The lowest BCUT2D eigenvalue weighted by molar-refractivity contribution is 0.0519. The van der Waals surface area contributed by atoms with Crippen LogP contribution in [0.3, 0.4) is 0 Å². The molecule has 0 N–H and O–H groups in total. The number of halogens is 3. The molecular weight excluding hydrogens is 308 g/mol. The number of benzene rings is 1. The summed E-state index contributed by atoms with van der Waals surface area (Å²) in [5, 5.41) is 7.45. The highest BCUT2D eigenvalue weighted by Gasteiger charge is 2.16. The fourth-order valence-corrected chi connectivity index (χ4v) is 1.75. The molecule has 1 heterocycles. The molecule has 2 aromatic rings. The van der Waals surface area contributed by atoms with Gasteiger partial charge in [-0.2, -0.15) is 5.10 Å². The fraction of sp³-hybridized carbons (Fsp3) is 0.0833. The molecule has 104 valence electrons. The Labute approximate surface area is 123 Å². The number of hydrogen-bond acceptors (Lipinski definition) is 4. The van der Waals surface area contributed by atoms with Crippen molar-refractivity contribution in [2.45, 2.75) is 0 Å². The standard InChI is InChI=1S/C12H8Cl2FN3O2/c1-18-11(14)8(5-16-18)12(19)20-17-6-7-9(13)3-2-4-10(7)15/h2-6H,1H3/b17-6-. The lowest BCUT2D eigenvalue weighted by Gasteiger charge is -1.99. The summed E-state index contributed by atoms with van der Waals surface area (Å²) in [7, 11) is 1.57. The number of aromatic nitrogens is 2. The van der Waals surface area contributed by atoms with Gasteiger partial charge in [0.1, 0.15) is 16.5 Å². The Morgan fingerprint density at radius 3 is 2.85 bits per heavy atom. The maximum absolute atomic E-state index is 13.4. The molecule has 0 radical (unpaired) electrons. The third-order valence-corrected chi connectivity index (χ3v) is 3.18. The van der Waals surface area contributed by atoms with Crippen molar-refractivity contribution in [2.24, 2.45) is 12.2 Å². The molecular formula is C12H8Cl2FN3O2. The van der Waals surface area contributed by atoms with E-state index in [9.17, 15) is 9.18 Å². The molecule has 0 atom stereocenters. The third kappa shape index (κ3) is 2.97. The van der Waals surface area contributed by atoms with E-state index in [1.807, 2.05) is 0 Å². The van der Waals surface area contributed by atoms with E-state index in [-0.39, 0.29) is 21.3 Å². The summed E-state index contributed by atoms with van der Waals surface area (Å²) in [6.07, 6.45) is 2.26. The molecule has 0 aliphatic heterocycles. The normalized spacial score (nSPS) is 11.0. The maximum Gasteiger partial charge on any atom is 0.370 e. The Kier molecular flexibility index (Phi) is 4.36. The molecule has 1 aromatic carbocycles. The van der Waals surface area contributed by atoms with Crippen molar-refractivity contribution in [3.05, 3.63) is 51.5 Å². The van der Waals surface area contributed by atoms with Crippen LogP contribution in [0.4, 0.5) is 4.39 Å². The van der Waals surface area contributed by atoms with Gasteiger partial charge in [0.2, 0.25) is 0 Å². The van der Waals surface area contributed by atoms with Crippen LogP contribution in [-0.4, -0.2) is 22.0 Å². The van der Waals surface area contributed by atoms with Crippen molar-refractivity contribution in [2.75, 3.05) is 0 Å². The Morgan fingerprint density at radius 1 is 1.50 bits per heavy atom. The van der Waals surface area contributed by atoms with Crippen LogP contribution in [-0.2, 0) is 11.9 Å². The second-order valence-electron chi connectivity index (χ2n) is 3.72. The van der Waals surface area contributed by atoms with Crippen LogP contribution in [0.2, 0.25) is 10.2 Å². The molecule has 20 heavy (non-hydrogen) atoms. The molecule has 1 aromatic heterocycles. The predicted octanol–water partition coefficient (Wildman–Crippen LogP) is 3.06. The van der Waals surface area contributed by atoms with Gasteiger partial charge >= 0.3 is 5.97 Å². The molecule has 2 rings (SSSR count). The van der Waals surface area contributed by atoms with Crippen LogP contribution >= 0.6 is 23.2 Å². The van der Waals surface area contributed by atoms with Gasteiger partial charge in [-0.05, 0) is 12.1 Å². The highest BCUT2D eigenvalue weighted by Crippen LogP contribution is 2.17. The van der Waals surface area contributed by atoms with E-state index in [1.165, 1.54) is 29.1 Å².